The van der Waals surface area contributed by atoms with Gasteiger partial charge in [0.25, 0.3) is 5.56 Å². The Balaban J connectivity index is 2.33. The lowest BCUT2D eigenvalue weighted by Gasteiger charge is -2.16. The van der Waals surface area contributed by atoms with Gasteiger partial charge in [0.1, 0.15) is 11.4 Å². The summed E-state index contributed by atoms with van der Waals surface area (Å²) in [6, 6.07) is 1.12. The topological polar surface area (TPSA) is 113 Å². The van der Waals surface area contributed by atoms with Crippen LogP contribution in [0.15, 0.2) is 21.7 Å². The van der Waals surface area contributed by atoms with Crippen molar-refractivity contribution in [2.75, 3.05) is 12.3 Å². The Bertz CT molecular complexity index is 1110. The lowest BCUT2D eigenvalue weighted by molar-refractivity contribution is 0.0473. The van der Waals surface area contributed by atoms with E-state index in [1.165, 1.54) is 7.05 Å². The van der Waals surface area contributed by atoms with Crippen molar-refractivity contribution in [2.45, 2.75) is 20.4 Å². The lowest BCUT2D eigenvalue weighted by atomic mass is 10.1. The van der Waals surface area contributed by atoms with Gasteiger partial charge in [-0.05, 0) is 18.1 Å². The molecule has 11 heteroatoms. The number of halogens is 3. The lowest BCUT2D eigenvalue weighted by Crippen LogP contribution is -2.43. The second-order valence-corrected chi connectivity index (χ2v) is 7.06. The van der Waals surface area contributed by atoms with E-state index in [-0.39, 0.29) is 18.3 Å². The van der Waals surface area contributed by atoms with E-state index in [9.17, 15) is 28.0 Å². The molecule has 156 valence electrons. The molecule has 0 aliphatic carbocycles. The molecule has 2 N–H and O–H groups in total. The molecular formula is C18H18ClF2N3O5. The third kappa shape index (κ3) is 4.53. The average Bonchev–Trinajstić information content (AvgIpc) is 2.64. The highest BCUT2D eigenvalue weighted by Crippen LogP contribution is 2.21. The number of carbonyl (C=O) groups is 2. The van der Waals surface area contributed by atoms with Gasteiger partial charge in [-0.1, -0.05) is 25.4 Å². The quantitative estimate of drug-likeness (QED) is 0.425. The van der Waals surface area contributed by atoms with Gasteiger partial charge in [-0.3, -0.25) is 18.7 Å². The molecule has 0 fully saturated rings. The molecule has 0 spiro atoms. The fraction of sp³-hybridized carbons (Fsp3) is 0.333. The van der Waals surface area contributed by atoms with Crippen molar-refractivity contribution in [3.63, 3.8) is 0 Å². The van der Waals surface area contributed by atoms with E-state index < -0.39 is 57.4 Å². The number of hydrogen-bond donors (Lipinski definition) is 1. The molecule has 0 aliphatic heterocycles. The van der Waals surface area contributed by atoms with Crippen LogP contribution in [-0.4, -0.2) is 27.5 Å². The number of ether oxygens (including phenoxy) is 1. The average molecular weight is 430 g/mol. The van der Waals surface area contributed by atoms with Gasteiger partial charge in [0.15, 0.2) is 18.2 Å². The Morgan fingerprint density at radius 2 is 1.79 bits per heavy atom. The fourth-order valence-electron chi connectivity index (χ4n) is 2.55. The molecule has 1 aromatic carbocycles. The predicted molar refractivity (Wildman–Crippen MR) is 101 cm³/mol. The molecule has 1 aromatic heterocycles. The Hall–Kier alpha value is -3.01. The SMILES string of the molecule is CC(C)Cn1c(N)c(C(=O)COC(=O)c2cc(F)c(F)cc2Cl)c(=O)n(C)c1=O. The summed E-state index contributed by atoms with van der Waals surface area (Å²) in [5.41, 5.74) is 3.21. The fourth-order valence-corrected chi connectivity index (χ4v) is 2.77. The Kier molecular flexibility index (Phi) is 6.58. The number of hydrogen-bond acceptors (Lipinski definition) is 6. The normalized spacial score (nSPS) is 11.0. The molecule has 0 unspecified atom stereocenters. The van der Waals surface area contributed by atoms with Crippen LogP contribution in [0.25, 0.3) is 0 Å². The van der Waals surface area contributed by atoms with Crippen LogP contribution in [0.3, 0.4) is 0 Å². The number of rotatable bonds is 6. The van der Waals surface area contributed by atoms with Gasteiger partial charge in [0, 0.05) is 13.6 Å². The van der Waals surface area contributed by atoms with E-state index in [2.05, 4.69) is 0 Å². The monoisotopic (exact) mass is 429 g/mol. The highest BCUT2D eigenvalue weighted by molar-refractivity contribution is 6.33. The van der Waals surface area contributed by atoms with Crippen molar-refractivity contribution in [3.05, 3.63) is 60.8 Å². The summed E-state index contributed by atoms with van der Waals surface area (Å²) in [4.78, 5) is 49.1. The van der Waals surface area contributed by atoms with Crippen LogP contribution in [0.1, 0.15) is 34.6 Å². The number of carbonyl (C=O) groups excluding carboxylic acids is 2. The molecule has 0 aliphatic rings. The van der Waals surface area contributed by atoms with Crippen LogP contribution in [0.4, 0.5) is 14.6 Å². The first-order valence-electron chi connectivity index (χ1n) is 8.39. The maximum Gasteiger partial charge on any atom is 0.340 e. The van der Waals surface area contributed by atoms with Crippen molar-refractivity contribution in [1.29, 1.82) is 0 Å². The zero-order valence-electron chi connectivity index (χ0n) is 15.8. The Morgan fingerprint density at radius 3 is 2.38 bits per heavy atom. The molecule has 2 rings (SSSR count). The van der Waals surface area contributed by atoms with Crippen molar-refractivity contribution in [1.82, 2.24) is 9.13 Å². The van der Waals surface area contributed by atoms with Crippen molar-refractivity contribution < 1.29 is 23.1 Å². The molecule has 29 heavy (non-hydrogen) atoms. The Morgan fingerprint density at radius 1 is 1.21 bits per heavy atom. The number of ketones is 1. The summed E-state index contributed by atoms with van der Waals surface area (Å²) >= 11 is 5.68. The van der Waals surface area contributed by atoms with E-state index in [4.69, 9.17) is 22.1 Å². The minimum absolute atomic E-state index is 0.0104. The second-order valence-electron chi connectivity index (χ2n) is 6.66. The first kappa shape index (κ1) is 22.3. The molecule has 0 saturated carbocycles. The van der Waals surface area contributed by atoms with E-state index in [1.807, 2.05) is 13.8 Å². The minimum Gasteiger partial charge on any atom is -0.454 e. The molecule has 2 aromatic rings. The van der Waals surface area contributed by atoms with Crippen LogP contribution in [0, 0.1) is 17.6 Å². The largest absolute Gasteiger partial charge is 0.454 e. The maximum atomic E-state index is 13.3. The first-order chi connectivity index (χ1) is 13.5. The molecule has 0 atom stereocenters. The van der Waals surface area contributed by atoms with Gasteiger partial charge in [-0.2, -0.15) is 0 Å². The van der Waals surface area contributed by atoms with Crippen molar-refractivity contribution >= 4 is 29.2 Å². The molecule has 1 heterocycles. The zero-order chi connectivity index (χ0) is 22.0. The maximum absolute atomic E-state index is 13.3. The minimum atomic E-state index is -1.33. The summed E-state index contributed by atoms with van der Waals surface area (Å²) in [5, 5.41) is -0.415. The van der Waals surface area contributed by atoms with Gasteiger partial charge >= 0.3 is 11.7 Å². The second kappa shape index (κ2) is 8.56. The van der Waals surface area contributed by atoms with Crippen molar-refractivity contribution in [3.8, 4) is 0 Å². The van der Waals surface area contributed by atoms with Crippen LogP contribution in [0.2, 0.25) is 5.02 Å². The van der Waals surface area contributed by atoms with Gasteiger partial charge in [-0.15, -0.1) is 0 Å². The number of benzene rings is 1. The number of nitrogens with zero attached hydrogens (tertiary/aromatic N) is 2. The van der Waals surface area contributed by atoms with Crippen LogP contribution >= 0.6 is 11.6 Å². The number of aromatic nitrogens is 2. The Labute approximate surface area is 168 Å². The number of nitrogens with two attached hydrogens (primary N) is 1. The first-order valence-corrected chi connectivity index (χ1v) is 8.77. The third-order valence-corrected chi connectivity index (χ3v) is 4.29. The number of esters is 1. The van der Waals surface area contributed by atoms with Gasteiger partial charge < -0.3 is 10.5 Å². The highest BCUT2D eigenvalue weighted by Gasteiger charge is 2.24. The molecule has 0 saturated heterocycles. The van der Waals surface area contributed by atoms with Crippen LogP contribution in [0.5, 0.6) is 0 Å². The summed E-state index contributed by atoms with van der Waals surface area (Å²) < 4.78 is 33.0. The van der Waals surface area contributed by atoms with Gasteiger partial charge in [-0.25, -0.2) is 18.4 Å². The molecular weight excluding hydrogens is 412 g/mol. The molecule has 0 bridgehead atoms. The highest BCUT2D eigenvalue weighted by atomic mass is 35.5. The van der Waals surface area contributed by atoms with E-state index in [0.29, 0.717) is 12.1 Å². The van der Waals surface area contributed by atoms with E-state index in [0.717, 1.165) is 9.13 Å². The summed E-state index contributed by atoms with van der Waals surface area (Å²) in [6.45, 7) is 2.86. The molecule has 0 amide bonds. The zero-order valence-corrected chi connectivity index (χ0v) is 16.5. The van der Waals surface area contributed by atoms with Crippen molar-refractivity contribution in [2.24, 2.45) is 13.0 Å². The standard InChI is InChI=1S/C18H18ClF2N3O5/c1-8(2)6-24-15(22)14(16(26)23(3)18(24)28)13(25)7-29-17(27)9-4-11(20)12(21)5-10(9)19/h4-5,8H,6-7,22H2,1-3H3. The number of Topliss-reactive ketones (excluding diaryl/α,β-unsaturated/α-hetero) is 1. The smallest absolute Gasteiger partial charge is 0.340 e. The molecule has 8 nitrogen and oxygen atoms in total. The summed E-state index contributed by atoms with van der Waals surface area (Å²) in [6.07, 6.45) is 0. The van der Waals surface area contributed by atoms with Crippen LogP contribution < -0.4 is 17.0 Å². The third-order valence-electron chi connectivity index (χ3n) is 3.97. The van der Waals surface area contributed by atoms with E-state index >= 15 is 0 Å². The van der Waals surface area contributed by atoms with Crippen LogP contribution in [-0.2, 0) is 18.3 Å². The molecule has 0 radical (unpaired) electrons. The van der Waals surface area contributed by atoms with Gasteiger partial charge in [0.05, 0.1) is 10.6 Å². The van der Waals surface area contributed by atoms with E-state index in [1.54, 1.807) is 0 Å². The number of anilines is 1. The summed E-state index contributed by atoms with van der Waals surface area (Å²) in [7, 11) is 1.19. The summed E-state index contributed by atoms with van der Waals surface area (Å²) in [5.74, 6) is -5.11. The predicted octanol–water partition coefficient (Wildman–Crippen LogP) is 1.76. The number of nitrogen functional groups attached to an aromatic ring is 1. The van der Waals surface area contributed by atoms with Gasteiger partial charge in [0.2, 0.25) is 5.78 Å².